The van der Waals surface area contributed by atoms with Gasteiger partial charge in [0.1, 0.15) is 5.82 Å². The Bertz CT molecular complexity index is 348. The Morgan fingerprint density at radius 1 is 1.31 bits per heavy atom. The highest BCUT2D eigenvalue weighted by Gasteiger charge is 2.07. The SMILES string of the molecule is CCC(CC)CNc1cc(Br)c(F)cc1C. The van der Waals surface area contributed by atoms with Crippen molar-refractivity contribution in [3.8, 4) is 0 Å². The van der Waals surface area contributed by atoms with Gasteiger partial charge in [0, 0.05) is 12.2 Å². The summed E-state index contributed by atoms with van der Waals surface area (Å²) in [6, 6.07) is 3.37. The first-order chi connectivity index (χ1) is 7.58. The van der Waals surface area contributed by atoms with Crippen molar-refractivity contribution in [1.82, 2.24) is 0 Å². The van der Waals surface area contributed by atoms with Gasteiger partial charge in [0.15, 0.2) is 0 Å². The Hall–Kier alpha value is -0.570. The van der Waals surface area contributed by atoms with Gasteiger partial charge in [-0.25, -0.2) is 4.39 Å². The summed E-state index contributed by atoms with van der Waals surface area (Å²) in [5.41, 5.74) is 1.96. The van der Waals surface area contributed by atoms with Crippen molar-refractivity contribution in [3.63, 3.8) is 0 Å². The van der Waals surface area contributed by atoms with Crippen LogP contribution in [0.3, 0.4) is 0 Å². The maximum absolute atomic E-state index is 13.2. The molecule has 1 aromatic rings. The highest BCUT2D eigenvalue weighted by Crippen LogP contribution is 2.24. The number of anilines is 1. The lowest BCUT2D eigenvalue weighted by atomic mass is 10.0. The van der Waals surface area contributed by atoms with Crippen LogP contribution in [0.25, 0.3) is 0 Å². The highest BCUT2D eigenvalue weighted by molar-refractivity contribution is 9.10. The molecule has 3 heteroatoms. The van der Waals surface area contributed by atoms with E-state index in [4.69, 9.17) is 0 Å². The van der Waals surface area contributed by atoms with Crippen molar-refractivity contribution in [1.29, 1.82) is 0 Å². The van der Waals surface area contributed by atoms with E-state index in [2.05, 4.69) is 35.1 Å². The number of rotatable bonds is 5. The van der Waals surface area contributed by atoms with Crippen LogP contribution in [-0.4, -0.2) is 6.54 Å². The highest BCUT2D eigenvalue weighted by atomic mass is 79.9. The lowest BCUT2D eigenvalue weighted by Gasteiger charge is -2.16. The molecule has 0 aromatic heterocycles. The number of aryl methyl sites for hydroxylation is 1. The van der Waals surface area contributed by atoms with Gasteiger partial charge in [-0.05, 0) is 46.5 Å². The molecule has 0 radical (unpaired) electrons. The summed E-state index contributed by atoms with van der Waals surface area (Å²) in [7, 11) is 0. The summed E-state index contributed by atoms with van der Waals surface area (Å²) >= 11 is 3.21. The van der Waals surface area contributed by atoms with Crippen molar-refractivity contribution < 1.29 is 4.39 Å². The average molecular weight is 288 g/mol. The Balaban J connectivity index is 2.70. The number of nitrogens with one attached hydrogen (secondary N) is 1. The standard InChI is InChI=1S/C13H19BrFN/c1-4-10(5-2)8-16-13-7-11(14)12(15)6-9(13)3/h6-7,10,16H,4-5,8H2,1-3H3. The molecule has 90 valence electrons. The van der Waals surface area contributed by atoms with Crippen molar-refractivity contribution in [2.45, 2.75) is 33.6 Å². The second-order valence-electron chi connectivity index (χ2n) is 4.14. The second-order valence-corrected chi connectivity index (χ2v) is 5.00. The van der Waals surface area contributed by atoms with Crippen LogP contribution in [0.5, 0.6) is 0 Å². The molecule has 0 saturated carbocycles. The molecular weight excluding hydrogens is 269 g/mol. The minimum atomic E-state index is -0.203. The molecule has 1 aromatic carbocycles. The first kappa shape index (κ1) is 13.5. The van der Waals surface area contributed by atoms with E-state index in [1.807, 2.05) is 13.0 Å². The zero-order valence-corrected chi connectivity index (χ0v) is 11.7. The van der Waals surface area contributed by atoms with Crippen LogP contribution in [-0.2, 0) is 0 Å². The molecule has 0 bridgehead atoms. The van der Waals surface area contributed by atoms with Crippen molar-refractivity contribution in [3.05, 3.63) is 28.0 Å². The molecule has 0 aliphatic heterocycles. The number of benzene rings is 1. The molecule has 0 unspecified atom stereocenters. The summed E-state index contributed by atoms with van der Waals surface area (Å²) in [5.74, 6) is 0.480. The zero-order valence-electron chi connectivity index (χ0n) is 10.1. The minimum absolute atomic E-state index is 0.203. The zero-order chi connectivity index (χ0) is 12.1. The molecule has 16 heavy (non-hydrogen) atoms. The van der Waals surface area contributed by atoms with E-state index in [-0.39, 0.29) is 5.82 Å². The largest absolute Gasteiger partial charge is 0.385 e. The third-order valence-corrected chi connectivity index (χ3v) is 3.61. The van der Waals surface area contributed by atoms with Crippen LogP contribution in [0.1, 0.15) is 32.3 Å². The van der Waals surface area contributed by atoms with Crippen molar-refractivity contribution in [2.75, 3.05) is 11.9 Å². The summed E-state index contributed by atoms with van der Waals surface area (Å²) in [6.45, 7) is 7.27. The van der Waals surface area contributed by atoms with E-state index in [1.165, 1.54) is 12.8 Å². The average Bonchev–Trinajstić information content (AvgIpc) is 2.26. The monoisotopic (exact) mass is 287 g/mol. The lowest BCUT2D eigenvalue weighted by Crippen LogP contribution is -2.13. The molecule has 0 saturated heterocycles. The van der Waals surface area contributed by atoms with Gasteiger partial charge >= 0.3 is 0 Å². The number of hydrogen-bond acceptors (Lipinski definition) is 1. The van der Waals surface area contributed by atoms with Crippen molar-refractivity contribution >= 4 is 21.6 Å². The summed E-state index contributed by atoms with van der Waals surface area (Å²) in [4.78, 5) is 0. The van der Waals surface area contributed by atoms with E-state index in [9.17, 15) is 4.39 Å². The van der Waals surface area contributed by atoms with Crippen LogP contribution in [0.15, 0.2) is 16.6 Å². The first-order valence-electron chi connectivity index (χ1n) is 5.78. The second kappa shape index (κ2) is 6.24. The number of halogens is 2. The van der Waals surface area contributed by atoms with Gasteiger partial charge in [0.2, 0.25) is 0 Å². The fraction of sp³-hybridized carbons (Fsp3) is 0.538. The molecule has 1 nitrogen and oxygen atoms in total. The summed E-state index contributed by atoms with van der Waals surface area (Å²) in [5, 5.41) is 3.39. The third kappa shape index (κ3) is 3.48. The summed E-state index contributed by atoms with van der Waals surface area (Å²) < 4.78 is 13.7. The Labute approximate surface area is 106 Å². The van der Waals surface area contributed by atoms with Gasteiger partial charge < -0.3 is 5.32 Å². The molecule has 0 aliphatic rings. The fourth-order valence-corrected chi connectivity index (χ4v) is 2.01. The van der Waals surface area contributed by atoms with Gasteiger partial charge in [0.25, 0.3) is 0 Å². The smallest absolute Gasteiger partial charge is 0.137 e. The quantitative estimate of drug-likeness (QED) is 0.824. The summed E-state index contributed by atoms with van der Waals surface area (Å²) in [6.07, 6.45) is 2.34. The number of hydrogen-bond donors (Lipinski definition) is 1. The van der Waals surface area contributed by atoms with E-state index in [1.54, 1.807) is 6.07 Å². The van der Waals surface area contributed by atoms with Crippen LogP contribution >= 0.6 is 15.9 Å². The predicted octanol–water partition coefficient (Wildman–Crippen LogP) is 4.74. The molecule has 0 fully saturated rings. The molecule has 0 heterocycles. The molecule has 1 N–H and O–H groups in total. The van der Waals surface area contributed by atoms with Gasteiger partial charge in [-0.3, -0.25) is 0 Å². The normalized spacial score (nSPS) is 10.9. The maximum Gasteiger partial charge on any atom is 0.137 e. The van der Waals surface area contributed by atoms with Crippen LogP contribution in [0, 0.1) is 18.7 Å². The van der Waals surface area contributed by atoms with Gasteiger partial charge in [0.05, 0.1) is 4.47 Å². The maximum atomic E-state index is 13.2. The topological polar surface area (TPSA) is 12.0 Å². The molecule has 1 rings (SSSR count). The Kier molecular flexibility index (Phi) is 5.26. The van der Waals surface area contributed by atoms with Crippen LogP contribution in [0.2, 0.25) is 0 Å². The van der Waals surface area contributed by atoms with Crippen LogP contribution in [0.4, 0.5) is 10.1 Å². The third-order valence-electron chi connectivity index (χ3n) is 3.00. The fourth-order valence-electron chi connectivity index (χ4n) is 1.67. The van der Waals surface area contributed by atoms with Gasteiger partial charge in [-0.15, -0.1) is 0 Å². The molecule has 0 aliphatic carbocycles. The van der Waals surface area contributed by atoms with E-state index in [0.717, 1.165) is 17.8 Å². The van der Waals surface area contributed by atoms with E-state index >= 15 is 0 Å². The van der Waals surface area contributed by atoms with Crippen LogP contribution < -0.4 is 5.32 Å². The molecular formula is C13H19BrFN. The van der Waals surface area contributed by atoms with E-state index in [0.29, 0.717) is 10.4 Å². The van der Waals surface area contributed by atoms with Gasteiger partial charge in [-0.1, -0.05) is 26.7 Å². The molecule has 0 amide bonds. The minimum Gasteiger partial charge on any atom is -0.385 e. The molecule has 0 atom stereocenters. The predicted molar refractivity (Wildman–Crippen MR) is 71.4 cm³/mol. The van der Waals surface area contributed by atoms with E-state index < -0.39 is 0 Å². The Morgan fingerprint density at radius 2 is 1.94 bits per heavy atom. The Morgan fingerprint density at radius 3 is 2.50 bits per heavy atom. The van der Waals surface area contributed by atoms with Crippen molar-refractivity contribution in [2.24, 2.45) is 5.92 Å². The lowest BCUT2D eigenvalue weighted by molar-refractivity contribution is 0.519. The molecule has 0 spiro atoms. The first-order valence-corrected chi connectivity index (χ1v) is 6.57. The van der Waals surface area contributed by atoms with Gasteiger partial charge in [-0.2, -0.15) is 0 Å².